The van der Waals surface area contributed by atoms with Crippen LogP contribution in [0.25, 0.3) is 0 Å². The van der Waals surface area contributed by atoms with Gasteiger partial charge in [-0.3, -0.25) is 14.4 Å². The van der Waals surface area contributed by atoms with Gasteiger partial charge < -0.3 is 26.2 Å². The van der Waals surface area contributed by atoms with Gasteiger partial charge in [-0.15, -0.1) is 0 Å². The second-order valence-corrected chi connectivity index (χ2v) is 8.60. The van der Waals surface area contributed by atoms with E-state index in [1.54, 1.807) is 19.9 Å². The number of carboxylic acids is 1. The molecule has 0 radical (unpaired) electrons. The van der Waals surface area contributed by atoms with Crippen molar-refractivity contribution in [2.45, 2.75) is 45.3 Å². The summed E-state index contributed by atoms with van der Waals surface area (Å²) in [6, 6.07) is 12.0. The Morgan fingerprint density at radius 3 is 2.33 bits per heavy atom. The van der Waals surface area contributed by atoms with Gasteiger partial charge >= 0.3 is 5.97 Å². The maximum Gasteiger partial charge on any atom is 0.325 e. The standard InChI is InChI=1S/C24H30ClN3O5/c1-14(2)21(23(30)27-15(3)24(31)32)28-22(29)19-10-9-17(25)12-20(19)33-13-18(26)11-16-7-5-4-6-8-16/h4-10,12,14-15,18,21H,11,13,26H2,1-3H3,(H,27,30)(H,28,29)(H,31,32)/t15-,18-,21-/m0/s1. The highest BCUT2D eigenvalue weighted by Gasteiger charge is 2.28. The molecule has 3 atom stereocenters. The normalized spacial score (nSPS) is 13.6. The van der Waals surface area contributed by atoms with Crippen molar-refractivity contribution in [3.63, 3.8) is 0 Å². The zero-order valence-corrected chi connectivity index (χ0v) is 19.6. The number of aliphatic carboxylic acids is 1. The summed E-state index contributed by atoms with van der Waals surface area (Å²) in [5.74, 6) is -2.35. The van der Waals surface area contributed by atoms with Crippen LogP contribution in [0.15, 0.2) is 48.5 Å². The Morgan fingerprint density at radius 1 is 1.06 bits per heavy atom. The number of rotatable bonds is 11. The van der Waals surface area contributed by atoms with Crippen molar-refractivity contribution in [3.8, 4) is 5.75 Å². The number of carboxylic acid groups (broad SMARTS) is 1. The first-order valence-corrected chi connectivity index (χ1v) is 11.0. The average Bonchev–Trinajstić information content (AvgIpc) is 2.76. The summed E-state index contributed by atoms with van der Waals surface area (Å²) < 4.78 is 5.82. The van der Waals surface area contributed by atoms with Crippen molar-refractivity contribution in [1.82, 2.24) is 10.6 Å². The lowest BCUT2D eigenvalue weighted by Crippen LogP contribution is -2.53. The predicted octanol–water partition coefficient (Wildman–Crippen LogP) is 2.63. The van der Waals surface area contributed by atoms with Gasteiger partial charge in [-0.25, -0.2) is 0 Å². The molecule has 178 valence electrons. The van der Waals surface area contributed by atoms with Crippen LogP contribution in [0.5, 0.6) is 5.75 Å². The van der Waals surface area contributed by atoms with E-state index in [9.17, 15) is 14.4 Å². The Hall–Kier alpha value is -3.10. The molecule has 2 aromatic carbocycles. The quantitative estimate of drug-likeness (QED) is 0.395. The van der Waals surface area contributed by atoms with Crippen LogP contribution in [0, 0.1) is 5.92 Å². The van der Waals surface area contributed by atoms with Gasteiger partial charge in [0.05, 0.1) is 5.56 Å². The van der Waals surface area contributed by atoms with Crippen LogP contribution in [-0.2, 0) is 16.0 Å². The van der Waals surface area contributed by atoms with Crippen LogP contribution in [0.3, 0.4) is 0 Å². The molecule has 5 N–H and O–H groups in total. The first-order chi connectivity index (χ1) is 15.6. The monoisotopic (exact) mass is 475 g/mol. The molecule has 0 aliphatic heterocycles. The minimum atomic E-state index is -1.17. The number of hydrogen-bond acceptors (Lipinski definition) is 5. The molecule has 2 rings (SSSR count). The summed E-state index contributed by atoms with van der Waals surface area (Å²) in [7, 11) is 0. The molecule has 33 heavy (non-hydrogen) atoms. The smallest absolute Gasteiger partial charge is 0.325 e. The predicted molar refractivity (Wildman–Crippen MR) is 126 cm³/mol. The molecular formula is C24H30ClN3O5. The number of carbonyl (C=O) groups is 3. The molecular weight excluding hydrogens is 446 g/mol. The van der Waals surface area contributed by atoms with Crippen LogP contribution >= 0.6 is 11.6 Å². The van der Waals surface area contributed by atoms with Gasteiger partial charge in [-0.2, -0.15) is 0 Å². The minimum Gasteiger partial charge on any atom is -0.491 e. The third-order valence-electron chi connectivity index (χ3n) is 4.95. The van der Waals surface area contributed by atoms with E-state index in [-0.39, 0.29) is 29.9 Å². The Kier molecular flexibility index (Phi) is 9.69. The fraction of sp³-hybridized carbons (Fsp3) is 0.375. The Morgan fingerprint density at radius 2 is 1.73 bits per heavy atom. The van der Waals surface area contributed by atoms with E-state index in [0.29, 0.717) is 11.4 Å². The molecule has 2 aromatic rings. The Bertz CT molecular complexity index is 968. The van der Waals surface area contributed by atoms with Gasteiger partial charge in [0.2, 0.25) is 5.91 Å². The first kappa shape index (κ1) is 26.2. The van der Waals surface area contributed by atoms with Crippen LogP contribution in [-0.4, -0.2) is 47.6 Å². The van der Waals surface area contributed by atoms with Gasteiger partial charge in [-0.1, -0.05) is 55.8 Å². The van der Waals surface area contributed by atoms with Gasteiger partial charge in [-0.05, 0) is 43.0 Å². The van der Waals surface area contributed by atoms with Gasteiger partial charge in [0.25, 0.3) is 5.91 Å². The zero-order chi connectivity index (χ0) is 24.5. The molecule has 0 bridgehead atoms. The number of benzene rings is 2. The summed E-state index contributed by atoms with van der Waals surface area (Å²) >= 11 is 6.10. The number of nitrogens with two attached hydrogens (primary N) is 1. The average molecular weight is 476 g/mol. The van der Waals surface area contributed by atoms with E-state index < -0.39 is 29.9 Å². The van der Waals surface area contributed by atoms with Gasteiger partial charge in [0.1, 0.15) is 24.4 Å². The highest BCUT2D eigenvalue weighted by molar-refractivity contribution is 6.30. The topological polar surface area (TPSA) is 131 Å². The number of amides is 2. The van der Waals surface area contributed by atoms with E-state index in [2.05, 4.69) is 10.6 Å². The van der Waals surface area contributed by atoms with Crippen molar-refractivity contribution in [1.29, 1.82) is 0 Å². The zero-order valence-electron chi connectivity index (χ0n) is 18.9. The third kappa shape index (κ3) is 8.07. The summed E-state index contributed by atoms with van der Waals surface area (Å²) in [4.78, 5) is 36.6. The molecule has 0 aliphatic rings. The van der Waals surface area contributed by atoms with Crippen LogP contribution in [0.2, 0.25) is 5.02 Å². The van der Waals surface area contributed by atoms with Crippen LogP contribution in [0.1, 0.15) is 36.7 Å². The second-order valence-electron chi connectivity index (χ2n) is 8.16. The largest absolute Gasteiger partial charge is 0.491 e. The fourth-order valence-electron chi connectivity index (χ4n) is 3.09. The van der Waals surface area contributed by atoms with Gasteiger partial charge in [0.15, 0.2) is 0 Å². The molecule has 0 heterocycles. The fourth-order valence-corrected chi connectivity index (χ4v) is 3.26. The number of carbonyl (C=O) groups excluding carboxylic acids is 2. The molecule has 0 fully saturated rings. The lowest BCUT2D eigenvalue weighted by Gasteiger charge is -2.23. The maximum atomic E-state index is 13.0. The number of nitrogens with one attached hydrogen (secondary N) is 2. The molecule has 0 unspecified atom stereocenters. The van der Waals surface area contributed by atoms with E-state index in [1.165, 1.54) is 19.1 Å². The maximum absolute atomic E-state index is 13.0. The summed E-state index contributed by atoms with van der Waals surface area (Å²) in [5, 5.41) is 14.5. The van der Waals surface area contributed by atoms with E-state index in [4.69, 9.17) is 27.2 Å². The minimum absolute atomic E-state index is 0.153. The first-order valence-electron chi connectivity index (χ1n) is 10.6. The summed E-state index contributed by atoms with van der Waals surface area (Å²) in [6.07, 6.45) is 0.598. The number of halogens is 1. The van der Waals surface area contributed by atoms with E-state index >= 15 is 0 Å². The SMILES string of the molecule is CC(C)[C@H](NC(=O)c1ccc(Cl)cc1OC[C@@H](N)Cc1ccccc1)C(=O)N[C@@H](C)C(=O)O. The summed E-state index contributed by atoms with van der Waals surface area (Å²) in [5.41, 5.74) is 7.45. The highest BCUT2D eigenvalue weighted by Crippen LogP contribution is 2.24. The Balaban J connectivity index is 2.11. The molecule has 0 saturated carbocycles. The van der Waals surface area contributed by atoms with Crippen molar-refractivity contribution in [3.05, 3.63) is 64.7 Å². The van der Waals surface area contributed by atoms with Crippen LogP contribution < -0.4 is 21.1 Å². The molecule has 9 heteroatoms. The molecule has 8 nitrogen and oxygen atoms in total. The lowest BCUT2D eigenvalue weighted by atomic mass is 10.0. The van der Waals surface area contributed by atoms with Gasteiger partial charge in [0, 0.05) is 11.1 Å². The molecule has 0 spiro atoms. The lowest BCUT2D eigenvalue weighted by molar-refractivity contribution is -0.141. The Labute approximate surface area is 198 Å². The van der Waals surface area contributed by atoms with Crippen molar-refractivity contribution < 1.29 is 24.2 Å². The number of ether oxygens (including phenoxy) is 1. The second kappa shape index (κ2) is 12.2. The molecule has 0 aromatic heterocycles. The van der Waals surface area contributed by atoms with Crippen molar-refractivity contribution >= 4 is 29.4 Å². The molecule has 0 saturated heterocycles. The van der Waals surface area contributed by atoms with Crippen molar-refractivity contribution in [2.75, 3.05) is 6.61 Å². The van der Waals surface area contributed by atoms with E-state index in [1.807, 2.05) is 30.3 Å². The van der Waals surface area contributed by atoms with Crippen molar-refractivity contribution in [2.24, 2.45) is 11.7 Å². The molecule has 2 amide bonds. The third-order valence-corrected chi connectivity index (χ3v) is 5.18. The highest BCUT2D eigenvalue weighted by atomic mass is 35.5. The van der Waals surface area contributed by atoms with Crippen LogP contribution in [0.4, 0.5) is 0 Å². The summed E-state index contributed by atoms with van der Waals surface area (Å²) in [6.45, 7) is 5.00. The number of hydrogen-bond donors (Lipinski definition) is 4. The van der Waals surface area contributed by atoms with E-state index in [0.717, 1.165) is 5.56 Å². The molecule has 0 aliphatic carbocycles.